The average Bonchev–Trinajstić information content (AvgIpc) is 3.76. The zero-order chi connectivity index (χ0) is 40.5. The molecule has 3 aromatic carbocycles. The van der Waals surface area contributed by atoms with Gasteiger partial charge >= 0.3 is 18.5 Å². The first kappa shape index (κ1) is 41.6. The standard InChI is InChI=1S/C20H14F3N6.C19H9F6NO2.Ir/c1-27-12-29(19-17(27)5-3-7-25-19)15-9-13(20(21,22)23)8-14(10-15)28-11-26-16-4-2-6-24-18(16)28;20-18(21,22)12-4-1-6-14(10-12)27-16-8-3-9-17(26-16)28-15-7-2-5-13(11-15)19(23,24)25;/h2-9,11-12,26H,1H3;1-5,8-11H;/q-3;-2;. The number of fused-ring (bicyclic) bond motifs is 2. The van der Waals surface area contributed by atoms with Crippen LogP contribution >= 0.6 is 0 Å². The monoisotopic (exact) mass is 985 g/mol. The van der Waals surface area contributed by atoms with Crippen molar-refractivity contribution in [3.05, 3.63) is 152 Å². The van der Waals surface area contributed by atoms with Gasteiger partial charge in [-0.3, -0.25) is 0 Å². The fraction of sp³-hybridized carbons (Fsp3) is 0.103. The number of pyridine rings is 3. The van der Waals surface area contributed by atoms with Gasteiger partial charge in [-0.05, 0) is 31.3 Å². The third-order valence-corrected chi connectivity index (χ3v) is 8.05. The van der Waals surface area contributed by atoms with Crippen LogP contribution in [0.15, 0.2) is 103 Å². The molecule has 0 saturated carbocycles. The molecule has 0 atom stereocenters. The molecule has 1 radical (unpaired) electrons. The van der Waals surface area contributed by atoms with Gasteiger partial charge in [0.2, 0.25) is 11.8 Å². The summed E-state index contributed by atoms with van der Waals surface area (Å²) in [6.45, 7) is 3.25. The zero-order valence-electron chi connectivity index (χ0n) is 29.2. The van der Waals surface area contributed by atoms with Crippen molar-refractivity contribution < 1.29 is 69.1 Å². The largest absolute Gasteiger partial charge is 0.513 e. The van der Waals surface area contributed by atoms with Crippen molar-refractivity contribution in [3.63, 3.8) is 0 Å². The molecule has 0 amide bonds. The summed E-state index contributed by atoms with van der Waals surface area (Å²) in [7, 11) is 1.81. The average molecular weight is 985 g/mol. The number of hydrogen-bond donors (Lipinski definition) is 1. The molecule has 8 rings (SSSR count). The molecule has 0 bridgehead atoms. The fourth-order valence-corrected chi connectivity index (χ4v) is 5.45. The molecule has 303 valence electrons. The summed E-state index contributed by atoms with van der Waals surface area (Å²) in [5.41, 5.74) is -0.670. The molecule has 1 N–H and O–H groups in total. The van der Waals surface area contributed by atoms with Gasteiger partial charge in [0, 0.05) is 67.5 Å². The predicted octanol–water partition coefficient (Wildman–Crippen LogP) is 11.0. The van der Waals surface area contributed by atoms with Gasteiger partial charge in [0.1, 0.15) is 11.6 Å². The number of nitrogens with zero attached hydrogens (tertiary/aromatic N) is 6. The summed E-state index contributed by atoms with van der Waals surface area (Å²) in [5.74, 6) is 0.337. The molecule has 2 aliphatic rings. The van der Waals surface area contributed by atoms with E-state index in [0.717, 1.165) is 54.2 Å². The molecule has 6 aromatic rings. The number of halogens is 9. The van der Waals surface area contributed by atoms with Crippen molar-refractivity contribution in [2.45, 2.75) is 18.5 Å². The molecule has 58 heavy (non-hydrogen) atoms. The maximum atomic E-state index is 13.7. The minimum Gasteiger partial charge on any atom is -0.513 e. The Balaban J connectivity index is 0.000000192. The Morgan fingerprint density at radius 3 is 1.74 bits per heavy atom. The van der Waals surface area contributed by atoms with Crippen LogP contribution in [0.2, 0.25) is 0 Å². The number of ether oxygens (including phenoxy) is 2. The van der Waals surface area contributed by atoms with E-state index in [9.17, 15) is 39.5 Å². The Morgan fingerprint density at radius 1 is 0.638 bits per heavy atom. The van der Waals surface area contributed by atoms with Crippen LogP contribution in [0.5, 0.6) is 23.3 Å². The minimum atomic E-state index is -4.55. The van der Waals surface area contributed by atoms with E-state index in [-0.39, 0.29) is 54.7 Å². The Hall–Kier alpha value is -6.07. The summed E-state index contributed by atoms with van der Waals surface area (Å²) < 4.78 is 128. The first-order valence-electron chi connectivity index (χ1n) is 16.3. The molecule has 0 unspecified atom stereocenters. The molecule has 9 nitrogen and oxygen atoms in total. The van der Waals surface area contributed by atoms with Crippen molar-refractivity contribution >= 4 is 34.4 Å². The Kier molecular flexibility index (Phi) is 11.8. The Morgan fingerprint density at radius 2 is 1.17 bits per heavy atom. The molecular weight excluding hydrogens is 962 g/mol. The van der Waals surface area contributed by atoms with Gasteiger partial charge in [-0.15, -0.1) is 53.8 Å². The third-order valence-electron chi connectivity index (χ3n) is 8.05. The van der Waals surface area contributed by atoms with Crippen LogP contribution in [0.1, 0.15) is 16.7 Å². The van der Waals surface area contributed by atoms with Crippen LogP contribution in [-0.4, -0.2) is 22.0 Å². The first-order valence-corrected chi connectivity index (χ1v) is 16.3. The molecule has 0 saturated heterocycles. The molecule has 0 aliphatic carbocycles. The van der Waals surface area contributed by atoms with Crippen molar-refractivity contribution in [3.8, 4) is 23.3 Å². The van der Waals surface area contributed by atoms with Gasteiger partial charge < -0.3 is 29.5 Å². The third kappa shape index (κ3) is 9.37. The van der Waals surface area contributed by atoms with E-state index >= 15 is 0 Å². The van der Waals surface area contributed by atoms with Crippen molar-refractivity contribution in [2.24, 2.45) is 0 Å². The normalized spacial score (nSPS) is 13.4. The second-order valence-corrected chi connectivity index (χ2v) is 12.0. The Labute approximate surface area is 338 Å². The summed E-state index contributed by atoms with van der Waals surface area (Å²) in [5, 5.41) is 3.01. The number of anilines is 6. The fourth-order valence-electron chi connectivity index (χ4n) is 5.45. The van der Waals surface area contributed by atoms with E-state index in [0.29, 0.717) is 17.3 Å². The second-order valence-electron chi connectivity index (χ2n) is 12.0. The zero-order valence-corrected chi connectivity index (χ0v) is 31.6. The van der Waals surface area contributed by atoms with Crippen LogP contribution in [0, 0.1) is 31.5 Å². The van der Waals surface area contributed by atoms with Crippen molar-refractivity contribution in [1.82, 2.24) is 15.0 Å². The van der Waals surface area contributed by atoms with E-state index in [1.807, 2.05) is 13.1 Å². The van der Waals surface area contributed by atoms with Crippen LogP contribution in [-0.2, 0) is 38.6 Å². The van der Waals surface area contributed by atoms with E-state index in [1.54, 1.807) is 58.6 Å². The molecule has 5 heterocycles. The number of hydrogen-bond acceptors (Lipinski definition) is 9. The number of rotatable bonds is 6. The smallest absolute Gasteiger partial charge is 0.394 e. The topological polar surface area (TPSA) is 78.9 Å². The van der Waals surface area contributed by atoms with Gasteiger partial charge in [-0.2, -0.15) is 82.1 Å². The SMILES string of the molecule is CN1[CH-]N(c2[c-]c(N3[CH-]Nc4cccnc43)cc(C(F)(F)F)c2)c2ncccc21.FC(F)(F)c1cc[c-]c(Oc2cccc(Oc3[c-]ccc(C(F)(F)F)c3)n2)c1.[Ir]. The summed E-state index contributed by atoms with van der Waals surface area (Å²) >= 11 is 0. The summed E-state index contributed by atoms with van der Waals surface area (Å²) in [6, 6.07) is 26.8. The van der Waals surface area contributed by atoms with Gasteiger partial charge in [0.25, 0.3) is 0 Å². The molecule has 0 fully saturated rings. The van der Waals surface area contributed by atoms with Gasteiger partial charge in [-0.25, -0.2) is 9.97 Å². The molecule has 3 aromatic heterocycles. The number of aromatic nitrogens is 3. The molecule has 19 heteroatoms. The maximum Gasteiger partial charge on any atom is 0.394 e. The van der Waals surface area contributed by atoms with E-state index < -0.39 is 35.2 Å². The van der Waals surface area contributed by atoms with E-state index in [4.69, 9.17) is 9.47 Å². The first-order chi connectivity index (χ1) is 27.0. The van der Waals surface area contributed by atoms with Gasteiger partial charge in [-0.1, -0.05) is 22.8 Å². The summed E-state index contributed by atoms with van der Waals surface area (Å²) in [6.07, 6.45) is -10.4. The second kappa shape index (κ2) is 16.4. The van der Waals surface area contributed by atoms with Crippen molar-refractivity contribution in [1.29, 1.82) is 0 Å². The summed E-state index contributed by atoms with van der Waals surface area (Å²) in [4.78, 5) is 17.4. The van der Waals surface area contributed by atoms with Gasteiger partial charge in [0.05, 0.1) is 0 Å². The van der Waals surface area contributed by atoms with Crippen LogP contribution in [0.3, 0.4) is 0 Å². The van der Waals surface area contributed by atoms with Crippen LogP contribution in [0.25, 0.3) is 0 Å². The van der Waals surface area contributed by atoms with Gasteiger partial charge in [0.15, 0.2) is 0 Å². The van der Waals surface area contributed by atoms with Crippen molar-refractivity contribution in [2.75, 3.05) is 27.1 Å². The maximum absolute atomic E-state index is 13.7. The molecule has 0 spiro atoms. The minimum absolute atomic E-state index is 0. The van der Waals surface area contributed by atoms with E-state index in [2.05, 4.69) is 38.5 Å². The number of alkyl halides is 9. The number of benzene rings is 3. The molecule has 2 aliphatic heterocycles. The van der Waals surface area contributed by atoms with Crippen LogP contribution < -0.4 is 29.5 Å². The molecular formula is C39H23F9IrN7O2-5. The predicted molar refractivity (Wildman–Crippen MR) is 189 cm³/mol. The quantitative estimate of drug-likeness (QED) is 0.130. The number of nitrogens with one attached hydrogen (secondary N) is 1. The van der Waals surface area contributed by atoms with E-state index in [1.165, 1.54) is 18.2 Å². The Bertz CT molecular complexity index is 2320. The van der Waals surface area contributed by atoms with Crippen LogP contribution in [0.4, 0.5) is 73.9 Å².